The molecule has 0 bridgehead atoms. The Hall–Kier alpha value is -0.630. The van der Waals surface area contributed by atoms with Gasteiger partial charge in [-0.25, -0.2) is 0 Å². The third-order valence-corrected chi connectivity index (χ3v) is 7.86. The van der Waals surface area contributed by atoms with E-state index in [0.29, 0.717) is 17.6 Å². The second-order valence-corrected chi connectivity index (χ2v) is 8.57. The molecule has 0 saturated heterocycles. The first kappa shape index (κ1) is 14.0. The minimum atomic E-state index is -0.471. The van der Waals surface area contributed by atoms with E-state index in [9.17, 15) is 9.90 Å². The highest BCUT2D eigenvalue weighted by atomic mass is 16.3. The monoisotopic (exact) mass is 288 g/mol. The standard InChI is InChI=1S/C19H28O2/c1-18-9-7-15-14-6-4-13(20)11-12(14)3-5-16(15)17(18)8-10-19(18,2)21/h11,14-17,21H,3-10H2,1-2H3/t14-,15+,16+,17-,18-,19+/m0/s1. The molecule has 3 saturated carbocycles. The average Bonchev–Trinajstić information content (AvgIpc) is 2.69. The summed E-state index contributed by atoms with van der Waals surface area (Å²) in [4.78, 5) is 11.7. The predicted octanol–water partition coefficient (Wildman–Crippen LogP) is 3.88. The van der Waals surface area contributed by atoms with Gasteiger partial charge in [0, 0.05) is 6.42 Å². The molecule has 2 heteroatoms. The lowest BCUT2D eigenvalue weighted by atomic mass is 9.51. The van der Waals surface area contributed by atoms with Crippen LogP contribution < -0.4 is 0 Å². The third-order valence-electron chi connectivity index (χ3n) is 7.86. The molecule has 0 aliphatic heterocycles. The molecule has 0 aromatic carbocycles. The first-order valence-electron chi connectivity index (χ1n) is 8.88. The summed E-state index contributed by atoms with van der Waals surface area (Å²) in [6.45, 7) is 4.41. The molecule has 0 spiro atoms. The first-order valence-corrected chi connectivity index (χ1v) is 8.88. The molecule has 4 aliphatic carbocycles. The largest absolute Gasteiger partial charge is 0.390 e. The van der Waals surface area contributed by atoms with Crippen molar-refractivity contribution >= 4 is 5.78 Å². The topological polar surface area (TPSA) is 37.3 Å². The van der Waals surface area contributed by atoms with Gasteiger partial charge in [0.1, 0.15) is 0 Å². The van der Waals surface area contributed by atoms with Crippen molar-refractivity contribution < 1.29 is 9.90 Å². The minimum absolute atomic E-state index is 0.125. The highest BCUT2D eigenvalue weighted by Crippen LogP contribution is 2.64. The van der Waals surface area contributed by atoms with Crippen molar-refractivity contribution in [3.8, 4) is 0 Å². The number of ketones is 1. The predicted molar refractivity (Wildman–Crippen MR) is 82.7 cm³/mol. The van der Waals surface area contributed by atoms with E-state index in [2.05, 4.69) is 13.8 Å². The van der Waals surface area contributed by atoms with Crippen molar-refractivity contribution in [3.05, 3.63) is 11.6 Å². The number of fused-ring (bicyclic) bond motifs is 5. The molecule has 4 rings (SSSR count). The van der Waals surface area contributed by atoms with Crippen molar-refractivity contribution in [2.75, 3.05) is 0 Å². The molecule has 0 aromatic rings. The van der Waals surface area contributed by atoms with Gasteiger partial charge >= 0.3 is 0 Å². The number of carbonyl (C=O) groups is 1. The Bertz CT molecular complexity index is 504. The van der Waals surface area contributed by atoms with Gasteiger partial charge in [-0.2, -0.15) is 0 Å². The maximum absolute atomic E-state index is 11.7. The van der Waals surface area contributed by atoms with E-state index < -0.39 is 5.60 Å². The van der Waals surface area contributed by atoms with Crippen molar-refractivity contribution in [2.24, 2.45) is 29.1 Å². The van der Waals surface area contributed by atoms with Gasteiger partial charge in [-0.3, -0.25) is 4.79 Å². The fraction of sp³-hybridized carbons (Fsp3) is 0.842. The van der Waals surface area contributed by atoms with Gasteiger partial charge in [-0.1, -0.05) is 12.5 Å². The molecule has 0 heterocycles. The van der Waals surface area contributed by atoms with Crippen molar-refractivity contribution in [1.29, 1.82) is 0 Å². The van der Waals surface area contributed by atoms with Gasteiger partial charge in [-0.05, 0) is 87.0 Å². The Morgan fingerprint density at radius 2 is 1.86 bits per heavy atom. The van der Waals surface area contributed by atoms with Crippen LogP contribution in [0, 0.1) is 29.1 Å². The molecule has 2 nitrogen and oxygen atoms in total. The third kappa shape index (κ3) is 1.84. The van der Waals surface area contributed by atoms with E-state index >= 15 is 0 Å². The molecule has 116 valence electrons. The molecular weight excluding hydrogens is 260 g/mol. The van der Waals surface area contributed by atoms with Crippen molar-refractivity contribution in [3.63, 3.8) is 0 Å². The maximum Gasteiger partial charge on any atom is 0.155 e. The second kappa shape index (κ2) is 4.44. The summed E-state index contributed by atoms with van der Waals surface area (Å²) in [5.41, 5.74) is 1.11. The molecule has 21 heavy (non-hydrogen) atoms. The van der Waals surface area contributed by atoms with E-state index in [0.717, 1.165) is 37.5 Å². The number of hydrogen-bond acceptors (Lipinski definition) is 2. The number of rotatable bonds is 0. The fourth-order valence-electron chi connectivity index (χ4n) is 6.42. The number of hydrogen-bond donors (Lipinski definition) is 1. The van der Waals surface area contributed by atoms with Crippen LogP contribution in [0.3, 0.4) is 0 Å². The summed E-state index contributed by atoms with van der Waals surface area (Å²) in [7, 11) is 0. The molecule has 0 radical (unpaired) electrons. The zero-order valence-corrected chi connectivity index (χ0v) is 13.4. The highest BCUT2D eigenvalue weighted by Gasteiger charge is 2.60. The molecule has 3 fully saturated rings. The molecular formula is C19H28O2. The second-order valence-electron chi connectivity index (χ2n) is 8.57. The molecule has 0 unspecified atom stereocenters. The van der Waals surface area contributed by atoms with E-state index in [1.54, 1.807) is 0 Å². The average molecular weight is 288 g/mol. The Kier molecular flexibility index (Phi) is 2.96. The maximum atomic E-state index is 11.7. The summed E-state index contributed by atoms with van der Waals surface area (Å²) >= 11 is 0. The summed E-state index contributed by atoms with van der Waals surface area (Å²) in [6.07, 6.45) is 10.8. The van der Waals surface area contributed by atoms with Gasteiger partial charge in [0.15, 0.2) is 5.78 Å². The van der Waals surface area contributed by atoms with Gasteiger partial charge in [0.25, 0.3) is 0 Å². The zero-order chi connectivity index (χ0) is 14.8. The Morgan fingerprint density at radius 3 is 2.67 bits per heavy atom. The highest BCUT2D eigenvalue weighted by molar-refractivity contribution is 5.91. The number of aliphatic hydroxyl groups is 1. The lowest BCUT2D eigenvalue weighted by Crippen LogP contribution is -2.51. The van der Waals surface area contributed by atoms with Crippen LogP contribution in [-0.2, 0) is 4.79 Å². The molecule has 6 atom stereocenters. The summed E-state index contributed by atoms with van der Waals surface area (Å²) < 4.78 is 0. The molecule has 4 aliphatic rings. The Morgan fingerprint density at radius 1 is 1.05 bits per heavy atom. The van der Waals surface area contributed by atoms with Gasteiger partial charge in [0.05, 0.1) is 5.60 Å². The Balaban J connectivity index is 1.64. The number of allylic oxidation sites excluding steroid dienone is 1. The minimum Gasteiger partial charge on any atom is -0.390 e. The van der Waals surface area contributed by atoms with E-state index in [1.807, 2.05) is 6.08 Å². The lowest BCUT2D eigenvalue weighted by molar-refractivity contribution is -0.117. The molecule has 0 aromatic heterocycles. The van der Waals surface area contributed by atoms with Crippen molar-refractivity contribution in [1.82, 2.24) is 0 Å². The van der Waals surface area contributed by atoms with Crippen LogP contribution in [0.4, 0.5) is 0 Å². The number of carbonyl (C=O) groups excluding carboxylic acids is 1. The van der Waals surface area contributed by atoms with Crippen LogP contribution >= 0.6 is 0 Å². The quantitative estimate of drug-likeness (QED) is 0.734. The van der Waals surface area contributed by atoms with Crippen LogP contribution in [0.25, 0.3) is 0 Å². The van der Waals surface area contributed by atoms with Crippen LogP contribution in [0.1, 0.15) is 65.2 Å². The van der Waals surface area contributed by atoms with Gasteiger partial charge < -0.3 is 5.11 Å². The zero-order valence-electron chi connectivity index (χ0n) is 13.4. The summed E-state index contributed by atoms with van der Waals surface area (Å²) in [5, 5.41) is 10.9. The Labute approximate surface area is 128 Å². The van der Waals surface area contributed by atoms with Gasteiger partial charge in [-0.15, -0.1) is 0 Å². The van der Waals surface area contributed by atoms with Crippen LogP contribution in [0.2, 0.25) is 0 Å². The first-order chi connectivity index (χ1) is 9.92. The van der Waals surface area contributed by atoms with E-state index in [4.69, 9.17) is 0 Å². The normalized spacial score (nSPS) is 52.7. The summed E-state index contributed by atoms with van der Waals surface area (Å²) in [5.74, 6) is 3.30. The van der Waals surface area contributed by atoms with Crippen LogP contribution in [0.5, 0.6) is 0 Å². The smallest absolute Gasteiger partial charge is 0.155 e. The van der Waals surface area contributed by atoms with Crippen LogP contribution in [0.15, 0.2) is 11.6 Å². The SMILES string of the molecule is C[C@]12CC[C@H]3[C@@H](CCC4=CC(=O)CC[C@@H]43)[C@@H]1CC[C@@]2(C)O. The van der Waals surface area contributed by atoms with E-state index in [-0.39, 0.29) is 5.41 Å². The van der Waals surface area contributed by atoms with E-state index in [1.165, 1.54) is 31.3 Å². The summed E-state index contributed by atoms with van der Waals surface area (Å²) in [6, 6.07) is 0. The fourth-order valence-corrected chi connectivity index (χ4v) is 6.42. The van der Waals surface area contributed by atoms with Gasteiger partial charge in [0.2, 0.25) is 0 Å². The van der Waals surface area contributed by atoms with Crippen LogP contribution in [-0.4, -0.2) is 16.5 Å². The van der Waals surface area contributed by atoms with Crippen molar-refractivity contribution in [2.45, 2.75) is 70.8 Å². The lowest BCUT2D eigenvalue weighted by Gasteiger charge is -2.55. The molecule has 1 N–H and O–H groups in total. The molecule has 0 amide bonds.